The quantitative estimate of drug-likeness (QED) is 0.871. The zero-order chi connectivity index (χ0) is 17.4. The fraction of sp³-hybridized carbons (Fsp3) is 0.588. The molecule has 1 fully saturated rings. The lowest BCUT2D eigenvalue weighted by Gasteiger charge is -2.31. The highest BCUT2D eigenvalue weighted by Gasteiger charge is 2.49. The number of hydrogen-bond acceptors (Lipinski definition) is 5. The van der Waals surface area contributed by atoms with Crippen LogP contribution in [0.25, 0.3) is 0 Å². The van der Waals surface area contributed by atoms with Gasteiger partial charge < -0.3 is 19.7 Å². The summed E-state index contributed by atoms with van der Waals surface area (Å²) in [6, 6.07) is 5.84. The molecule has 0 unspecified atom stereocenters. The van der Waals surface area contributed by atoms with Crippen molar-refractivity contribution in [2.24, 2.45) is 0 Å². The zero-order valence-corrected chi connectivity index (χ0v) is 14.2. The second-order valence-corrected chi connectivity index (χ2v) is 6.83. The van der Waals surface area contributed by atoms with Crippen LogP contribution in [0, 0.1) is 0 Å². The van der Waals surface area contributed by atoms with E-state index in [1.807, 2.05) is 0 Å². The Balaban J connectivity index is 2.34. The van der Waals surface area contributed by atoms with Crippen LogP contribution in [0.3, 0.4) is 0 Å². The van der Waals surface area contributed by atoms with Crippen molar-refractivity contribution in [2.75, 3.05) is 7.11 Å². The first-order valence-electron chi connectivity index (χ1n) is 7.67. The number of ether oxygens (including phenoxy) is 2. The Hall–Kier alpha value is -1.79. The molecule has 6 nitrogen and oxygen atoms in total. The summed E-state index contributed by atoms with van der Waals surface area (Å²) in [5.41, 5.74) is 0.0623. The van der Waals surface area contributed by atoms with E-state index in [9.17, 15) is 15.0 Å². The van der Waals surface area contributed by atoms with Gasteiger partial charge >= 0.3 is 6.09 Å². The first-order valence-corrected chi connectivity index (χ1v) is 7.67. The number of methoxy groups -OCH3 is 1. The number of rotatable bonds is 2. The van der Waals surface area contributed by atoms with Gasteiger partial charge in [-0.3, -0.25) is 4.90 Å². The molecule has 1 aliphatic heterocycles. The standard InChI is InChI=1S/C17H25NO5/c1-10-14(19)15(20)13(11-6-8-12(22-5)9-7-11)18(10)16(21)23-17(2,3)4/h6-10,13-15,19-20H,1-5H3/t10-,13-,14-,15-/m1/s1. The Labute approximate surface area is 136 Å². The molecule has 1 aromatic rings. The lowest BCUT2D eigenvalue weighted by Crippen LogP contribution is -2.42. The molecule has 0 aliphatic carbocycles. The summed E-state index contributed by atoms with van der Waals surface area (Å²) in [6.45, 7) is 7.03. The summed E-state index contributed by atoms with van der Waals surface area (Å²) < 4.78 is 10.5. The van der Waals surface area contributed by atoms with Crippen molar-refractivity contribution in [2.45, 2.75) is 57.6 Å². The van der Waals surface area contributed by atoms with E-state index in [4.69, 9.17) is 9.47 Å². The zero-order valence-electron chi connectivity index (χ0n) is 14.2. The molecule has 1 heterocycles. The van der Waals surface area contributed by atoms with E-state index in [0.717, 1.165) is 0 Å². The van der Waals surface area contributed by atoms with E-state index < -0.39 is 36.0 Å². The third kappa shape index (κ3) is 3.59. The van der Waals surface area contributed by atoms with Gasteiger partial charge in [0.1, 0.15) is 23.6 Å². The van der Waals surface area contributed by atoms with Gasteiger partial charge in [0, 0.05) is 0 Å². The van der Waals surface area contributed by atoms with Crippen LogP contribution in [0.15, 0.2) is 24.3 Å². The largest absolute Gasteiger partial charge is 0.497 e. The van der Waals surface area contributed by atoms with Crippen molar-refractivity contribution in [1.29, 1.82) is 0 Å². The molecular weight excluding hydrogens is 298 g/mol. The topological polar surface area (TPSA) is 79.2 Å². The van der Waals surface area contributed by atoms with E-state index in [1.54, 1.807) is 59.1 Å². The van der Waals surface area contributed by atoms with Crippen LogP contribution in [0.5, 0.6) is 5.75 Å². The molecule has 0 aromatic heterocycles. The van der Waals surface area contributed by atoms with Gasteiger partial charge in [-0.25, -0.2) is 4.79 Å². The highest BCUT2D eigenvalue weighted by atomic mass is 16.6. The normalized spacial score (nSPS) is 27.9. The van der Waals surface area contributed by atoms with E-state index in [-0.39, 0.29) is 0 Å². The van der Waals surface area contributed by atoms with Crippen LogP contribution in [0.1, 0.15) is 39.3 Å². The SMILES string of the molecule is COc1ccc([C@@H]2[C@@H](O)[C@H](O)[C@@H](C)N2C(=O)OC(C)(C)C)cc1. The molecule has 2 rings (SSSR count). The van der Waals surface area contributed by atoms with Gasteiger partial charge in [-0.15, -0.1) is 0 Å². The Morgan fingerprint density at radius 1 is 1.13 bits per heavy atom. The Bertz CT molecular complexity index is 551. The van der Waals surface area contributed by atoms with Gasteiger partial charge in [0.2, 0.25) is 0 Å². The van der Waals surface area contributed by atoms with Crippen molar-refractivity contribution in [1.82, 2.24) is 4.90 Å². The maximum Gasteiger partial charge on any atom is 0.411 e. The summed E-state index contributed by atoms with van der Waals surface area (Å²) in [5.74, 6) is 0.679. The summed E-state index contributed by atoms with van der Waals surface area (Å²) in [4.78, 5) is 13.9. The fourth-order valence-corrected chi connectivity index (χ4v) is 2.81. The average Bonchev–Trinajstić information content (AvgIpc) is 2.70. The minimum absolute atomic E-state index is 0.549. The van der Waals surface area contributed by atoms with Crippen molar-refractivity contribution < 1.29 is 24.5 Å². The van der Waals surface area contributed by atoms with Gasteiger partial charge in [-0.2, -0.15) is 0 Å². The molecule has 1 aromatic carbocycles. The maximum atomic E-state index is 12.5. The lowest BCUT2D eigenvalue weighted by atomic mass is 10.0. The summed E-state index contributed by atoms with van der Waals surface area (Å²) in [5, 5.41) is 20.6. The molecule has 2 N–H and O–H groups in total. The predicted molar refractivity (Wildman–Crippen MR) is 85.3 cm³/mol. The molecule has 4 atom stereocenters. The molecule has 1 amide bonds. The summed E-state index contributed by atoms with van der Waals surface area (Å²) in [6.07, 6.45) is -2.66. The number of benzene rings is 1. The molecule has 1 aliphatic rings. The number of nitrogens with zero attached hydrogens (tertiary/aromatic N) is 1. The number of hydrogen-bond donors (Lipinski definition) is 2. The first-order chi connectivity index (χ1) is 10.7. The predicted octanol–water partition coefficient (Wildman–Crippen LogP) is 2.10. The molecule has 0 bridgehead atoms. The number of likely N-dealkylation sites (tertiary alicyclic amines) is 1. The molecule has 0 radical (unpaired) electrons. The molecule has 23 heavy (non-hydrogen) atoms. The monoisotopic (exact) mass is 323 g/mol. The number of carbonyl (C=O) groups is 1. The van der Waals surface area contributed by atoms with Gasteiger partial charge in [0.05, 0.1) is 19.2 Å². The van der Waals surface area contributed by atoms with Crippen LogP contribution >= 0.6 is 0 Å². The molecule has 1 saturated heterocycles. The highest BCUT2D eigenvalue weighted by Crippen LogP contribution is 2.38. The smallest absolute Gasteiger partial charge is 0.411 e. The van der Waals surface area contributed by atoms with Crippen molar-refractivity contribution in [3.05, 3.63) is 29.8 Å². The van der Waals surface area contributed by atoms with E-state index in [1.165, 1.54) is 4.90 Å². The third-order valence-electron chi connectivity index (χ3n) is 3.97. The van der Waals surface area contributed by atoms with E-state index >= 15 is 0 Å². The highest BCUT2D eigenvalue weighted by molar-refractivity contribution is 5.70. The summed E-state index contributed by atoms with van der Waals surface area (Å²) in [7, 11) is 1.57. The van der Waals surface area contributed by atoms with Crippen molar-refractivity contribution >= 4 is 6.09 Å². The molecule has 0 saturated carbocycles. The van der Waals surface area contributed by atoms with Crippen LogP contribution in [0.2, 0.25) is 0 Å². The van der Waals surface area contributed by atoms with Gasteiger partial charge in [-0.05, 0) is 45.4 Å². The Morgan fingerprint density at radius 2 is 1.70 bits per heavy atom. The number of aliphatic hydroxyl groups excluding tert-OH is 2. The number of carbonyl (C=O) groups excluding carboxylic acids is 1. The maximum absolute atomic E-state index is 12.5. The molecule has 0 spiro atoms. The van der Waals surface area contributed by atoms with Crippen LogP contribution < -0.4 is 4.74 Å². The Morgan fingerprint density at radius 3 is 2.17 bits per heavy atom. The number of aliphatic hydroxyl groups is 2. The average molecular weight is 323 g/mol. The van der Waals surface area contributed by atoms with Crippen molar-refractivity contribution in [3.8, 4) is 5.75 Å². The van der Waals surface area contributed by atoms with Gasteiger partial charge in [0.15, 0.2) is 0 Å². The van der Waals surface area contributed by atoms with Crippen LogP contribution in [0.4, 0.5) is 4.79 Å². The van der Waals surface area contributed by atoms with Crippen LogP contribution in [-0.4, -0.2) is 52.2 Å². The van der Waals surface area contributed by atoms with Crippen LogP contribution in [-0.2, 0) is 4.74 Å². The van der Waals surface area contributed by atoms with E-state index in [0.29, 0.717) is 11.3 Å². The minimum Gasteiger partial charge on any atom is -0.497 e. The number of amides is 1. The second-order valence-electron chi connectivity index (χ2n) is 6.83. The third-order valence-corrected chi connectivity index (χ3v) is 3.97. The molecule has 6 heteroatoms. The van der Waals surface area contributed by atoms with Crippen molar-refractivity contribution in [3.63, 3.8) is 0 Å². The van der Waals surface area contributed by atoms with Gasteiger partial charge in [-0.1, -0.05) is 12.1 Å². The first kappa shape index (κ1) is 17.6. The van der Waals surface area contributed by atoms with E-state index in [2.05, 4.69) is 0 Å². The second kappa shape index (κ2) is 6.37. The fourth-order valence-electron chi connectivity index (χ4n) is 2.81. The van der Waals surface area contributed by atoms with Gasteiger partial charge in [0.25, 0.3) is 0 Å². The Kier molecular flexibility index (Phi) is 4.87. The lowest BCUT2D eigenvalue weighted by molar-refractivity contribution is 0.00949. The molecular formula is C17H25NO5. The minimum atomic E-state index is -1.08. The molecule has 128 valence electrons. The summed E-state index contributed by atoms with van der Waals surface area (Å²) >= 11 is 0.